The van der Waals surface area contributed by atoms with Crippen molar-refractivity contribution in [2.24, 2.45) is 0 Å². The number of carbonyl (C=O) groups is 2. The second-order valence-electron chi connectivity index (χ2n) is 4.40. The SMILES string of the molecule is COC(=O)[C@@H](CCSC)NC(=O)c1ccc(OC)c(OC)c1. The Morgan fingerprint density at radius 1 is 1.18 bits per heavy atom. The number of methoxy groups -OCH3 is 3. The van der Waals surface area contributed by atoms with E-state index >= 15 is 0 Å². The molecule has 22 heavy (non-hydrogen) atoms. The Kier molecular flexibility index (Phi) is 7.59. The van der Waals surface area contributed by atoms with E-state index < -0.39 is 12.0 Å². The van der Waals surface area contributed by atoms with E-state index in [0.29, 0.717) is 23.5 Å². The summed E-state index contributed by atoms with van der Waals surface area (Å²) in [6.45, 7) is 0. The van der Waals surface area contributed by atoms with Crippen LogP contribution in [0.25, 0.3) is 0 Å². The molecule has 122 valence electrons. The molecule has 0 aliphatic rings. The van der Waals surface area contributed by atoms with Gasteiger partial charge < -0.3 is 19.5 Å². The zero-order valence-corrected chi connectivity index (χ0v) is 14.0. The quantitative estimate of drug-likeness (QED) is 0.733. The minimum Gasteiger partial charge on any atom is -0.493 e. The van der Waals surface area contributed by atoms with Crippen LogP contribution in [-0.2, 0) is 9.53 Å². The van der Waals surface area contributed by atoms with E-state index in [4.69, 9.17) is 14.2 Å². The fraction of sp³-hybridized carbons (Fsp3) is 0.467. The molecular formula is C15H21NO5S. The molecule has 0 aliphatic carbocycles. The van der Waals surface area contributed by atoms with Gasteiger partial charge in [-0.25, -0.2) is 4.79 Å². The lowest BCUT2D eigenvalue weighted by Gasteiger charge is -2.16. The van der Waals surface area contributed by atoms with Gasteiger partial charge >= 0.3 is 5.97 Å². The average Bonchev–Trinajstić information content (AvgIpc) is 2.56. The van der Waals surface area contributed by atoms with Gasteiger partial charge in [-0.15, -0.1) is 0 Å². The number of rotatable bonds is 8. The van der Waals surface area contributed by atoms with Crippen molar-refractivity contribution in [3.8, 4) is 11.5 Å². The molecule has 0 saturated carbocycles. The summed E-state index contributed by atoms with van der Waals surface area (Å²) >= 11 is 1.60. The van der Waals surface area contributed by atoms with Crippen molar-refractivity contribution in [1.82, 2.24) is 5.32 Å². The first-order chi connectivity index (χ1) is 10.6. The van der Waals surface area contributed by atoms with Crippen molar-refractivity contribution in [2.75, 3.05) is 33.3 Å². The highest BCUT2D eigenvalue weighted by atomic mass is 32.2. The third kappa shape index (κ3) is 4.84. The van der Waals surface area contributed by atoms with Crippen LogP contribution in [0.5, 0.6) is 11.5 Å². The summed E-state index contributed by atoms with van der Waals surface area (Å²) in [7, 11) is 4.32. The second-order valence-corrected chi connectivity index (χ2v) is 5.39. The van der Waals surface area contributed by atoms with Crippen LogP contribution in [0.15, 0.2) is 18.2 Å². The third-order valence-electron chi connectivity index (χ3n) is 3.05. The Bertz CT molecular complexity index is 521. The summed E-state index contributed by atoms with van der Waals surface area (Å²) in [5, 5.41) is 2.68. The zero-order valence-electron chi connectivity index (χ0n) is 13.2. The number of nitrogens with one attached hydrogen (secondary N) is 1. The molecule has 0 aromatic heterocycles. The normalized spacial score (nSPS) is 11.5. The minimum absolute atomic E-state index is 0.363. The standard InChI is InChI=1S/C15H21NO5S/c1-19-12-6-5-10(9-13(12)20-2)14(17)16-11(7-8-22-4)15(18)21-3/h5-6,9,11H,7-8H2,1-4H3,(H,16,17)/t11-/m1/s1. The monoisotopic (exact) mass is 327 g/mol. The van der Waals surface area contributed by atoms with Gasteiger partial charge in [-0.1, -0.05) is 0 Å². The summed E-state index contributed by atoms with van der Waals surface area (Å²) in [6.07, 6.45) is 2.44. The van der Waals surface area contributed by atoms with Gasteiger partial charge in [0.25, 0.3) is 5.91 Å². The molecule has 0 fully saturated rings. The van der Waals surface area contributed by atoms with E-state index in [-0.39, 0.29) is 5.91 Å². The van der Waals surface area contributed by atoms with Crippen molar-refractivity contribution in [1.29, 1.82) is 0 Å². The maximum absolute atomic E-state index is 12.3. The smallest absolute Gasteiger partial charge is 0.328 e. The van der Waals surface area contributed by atoms with Gasteiger partial charge in [0.1, 0.15) is 6.04 Å². The number of thioether (sulfide) groups is 1. The van der Waals surface area contributed by atoms with E-state index in [9.17, 15) is 9.59 Å². The van der Waals surface area contributed by atoms with Gasteiger partial charge in [0.05, 0.1) is 21.3 Å². The first-order valence-electron chi connectivity index (χ1n) is 6.67. The van der Waals surface area contributed by atoms with Crippen LogP contribution in [0.4, 0.5) is 0 Å². The molecule has 1 N–H and O–H groups in total. The maximum Gasteiger partial charge on any atom is 0.328 e. The van der Waals surface area contributed by atoms with Gasteiger partial charge in [0, 0.05) is 5.56 Å². The van der Waals surface area contributed by atoms with E-state index in [1.807, 2.05) is 6.26 Å². The van der Waals surface area contributed by atoms with Gasteiger partial charge in [0.15, 0.2) is 11.5 Å². The molecule has 1 atom stereocenters. The Labute approximate surface area is 134 Å². The maximum atomic E-state index is 12.3. The number of amides is 1. The topological polar surface area (TPSA) is 73.9 Å². The lowest BCUT2D eigenvalue weighted by atomic mass is 10.1. The summed E-state index contributed by atoms with van der Waals surface area (Å²) in [4.78, 5) is 24.0. The van der Waals surface area contributed by atoms with Crippen LogP contribution < -0.4 is 14.8 Å². The number of hydrogen-bond donors (Lipinski definition) is 1. The lowest BCUT2D eigenvalue weighted by molar-refractivity contribution is -0.142. The molecule has 1 rings (SSSR count). The highest BCUT2D eigenvalue weighted by molar-refractivity contribution is 7.98. The van der Waals surface area contributed by atoms with Crippen molar-refractivity contribution >= 4 is 23.6 Å². The average molecular weight is 327 g/mol. The number of carbonyl (C=O) groups excluding carboxylic acids is 2. The van der Waals surface area contributed by atoms with Crippen LogP contribution in [0.1, 0.15) is 16.8 Å². The van der Waals surface area contributed by atoms with Gasteiger partial charge in [-0.05, 0) is 36.6 Å². The highest BCUT2D eigenvalue weighted by Crippen LogP contribution is 2.27. The summed E-state index contributed by atoms with van der Waals surface area (Å²) in [5.41, 5.74) is 0.385. The number of esters is 1. The largest absolute Gasteiger partial charge is 0.493 e. The molecule has 0 spiro atoms. The number of ether oxygens (including phenoxy) is 3. The summed E-state index contributed by atoms with van der Waals surface area (Å²) in [5.74, 6) is 0.909. The highest BCUT2D eigenvalue weighted by Gasteiger charge is 2.22. The number of hydrogen-bond acceptors (Lipinski definition) is 6. The zero-order chi connectivity index (χ0) is 16.5. The Morgan fingerprint density at radius 2 is 1.86 bits per heavy atom. The molecule has 0 heterocycles. The molecule has 6 nitrogen and oxygen atoms in total. The first kappa shape index (κ1) is 18.2. The third-order valence-corrected chi connectivity index (χ3v) is 3.69. The molecule has 0 aliphatic heterocycles. The van der Waals surface area contributed by atoms with E-state index in [0.717, 1.165) is 5.75 Å². The lowest BCUT2D eigenvalue weighted by Crippen LogP contribution is -2.41. The predicted molar refractivity (Wildman–Crippen MR) is 85.8 cm³/mol. The Hall–Kier alpha value is -1.89. The van der Waals surface area contributed by atoms with Crippen molar-refractivity contribution in [3.05, 3.63) is 23.8 Å². The van der Waals surface area contributed by atoms with Crippen molar-refractivity contribution in [3.63, 3.8) is 0 Å². The minimum atomic E-state index is -0.668. The first-order valence-corrected chi connectivity index (χ1v) is 8.06. The van der Waals surface area contributed by atoms with Crippen molar-refractivity contribution in [2.45, 2.75) is 12.5 Å². The Balaban J connectivity index is 2.87. The van der Waals surface area contributed by atoms with Crippen LogP contribution in [0, 0.1) is 0 Å². The van der Waals surface area contributed by atoms with E-state index in [1.165, 1.54) is 21.3 Å². The number of benzene rings is 1. The van der Waals surface area contributed by atoms with E-state index in [2.05, 4.69) is 5.32 Å². The van der Waals surface area contributed by atoms with Gasteiger partial charge in [-0.3, -0.25) is 4.79 Å². The van der Waals surface area contributed by atoms with Crippen LogP contribution in [0.2, 0.25) is 0 Å². The van der Waals surface area contributed by atoms with Crippen LogP contribution in [0.3, 0.4) is 0 Å². The van der Waals surface area contributed by atoms with Crippen molar-refractivity contribution < 1.29 is 23.8 Å². The van der Waals surface area contributed by atoms with Gasteiger partial charge in [-0.2, -0.15) is 11.8 Å². The fourth-order valence-corrected chi connectivity index (χ4v) is 2.32. The summed E-state index contributed by atoms with van der Waals surface area (Å²) in [6, 6.07) is 4.15. The second kappa shape index (κ2) is 9.19. The van der Waals surface area contributed by atoms with Gasteiger partial charge in [0.2, 0.25) is 0 Å². The summed E-state index contributed by atoms with van der Waals surface area (Å²) < 4.78 is 15.0. The predicted octanol–water partition coefficient (Wildman–Crippen LogP) is 1.73. The molecule has 7 heteroatoms. The fourth-order valence-electron chi connectivity index (χ4n) is 1.85. The molecule has 1 aromatic carbocycles. The molecule has 1 aromatic rings. The molecule has 0 bridgehead atoms. The van der Waals surface area contributed by atoms with Crippen LogP contribution in [-0.4, -0.2) is 51.3 Å². The molecular weight excluding hydrogens is 306 g/mol. The molecule has 0 radical (unpaired) electrons. The van der Waals surface area contributed by atoms with Crippen LogP contribution >= 0.6 is 11.8 Å². The molecule has 1 amide bonds. The molecule has 0 saturated heterocycles. The van der Waals surface area contributed by atoms with E-state index in [1.54, 1.807) is 30.0 Å². The molecule has 0 unspecified atom stereocenters. The Morgan fingerprint density at radius 3 is 2.41 bits per heavy atom.